The van der Waals surface area contributed by atoms with E-state index in [2.05, 4.69) is 0 Å². The number of benzene rings is 1. The van der Waals surface area contributed by atoms with Gasteiger partial charge in [0, 0.05) is 18.8 Å². The van der Waals surface area contributed by atoms with E-state index in [0.29, 0.717) is 25.2 Å². The zero-order valence-electron chi connectivity index (χ0n) is 10.6. The second-order valence-electron chi connectivity index (χ2n) is 4.84. The summed E-state index contributed by atoms with van der Waals surface area (Å²) in [6.45, 7) is 2.38. The van der Waals surface area contributed by atoms with Gasteiger partial charge < -0.3 is 10.8 Å². The summed E-state index contributed by atoms with van der Waals surface area (Å²) in [6, 6.07) is 4.41. The minimum Gasteiger partial charge on any atom is -0.399 e. The first-order valence-electron chi connectivity index (χ1n) is 6.05. The first-order valence-corrected chi connectivity index (χ1v) is 7.87. The third-order valence-corrected chi connectivity index (χ3v) is 5.79. The van der Waals surface area contributed by atoms with E-state index in [0.717, 1.165) is 0 Å². The molecule has 1 aliphatic heterocycles. The fourth-order valence-corrected chi connectivity index (χ4v) is 4.24. The molecule has 19 heavy (non-hydrogen) atoms. The highest BCUT2D eigenvalue weighted by Gasteiger charge is 2.35. The lowest BCUT2D eigenvalue weighted by Gasteiger charge is -2.18. The predicted molar refractivity (Wildman–Crippen MR) is 74.4 cm³/mol. The van der Waals surface area contributed by atoms with E-state index in [1.165, 1.54) is 16.4 Å². The summed E-state index contributed by atoms with van der Waals surface area (Å²) in [5.74, 6) is -0.0328. The Morgan fingerprint density at radius 1 is 1.53 bits per heavy atom. The lowest BCUT2D eigenvalue weighted by molar-refractivity contribution is 0.133. The molecule has 0 aliphatic carbocycles. The number of anilines is 1. The first kappa shape index (κ1) is 14.6. The van der Waals surface area contributed by atoms with Crippen LogP contribution in [0, 0.1) is 5.92 Å². The lowest BCUT2D eigenvalue weighted by Crippen LogP contribution is -2.30. The van der Waals surface area contributed by atoms with Crippen LogP contribution in [-0.2, 0) is 10.0 Å². The lowest BCUT2D eigenvalue weighted by atomic mass is 10.0. The molecule has 0 saturated carbocycles. The molecule has 1 heterocycles. The second-order valence-corrected chi connectivity index (χ2v) is 7.16. The Labute approximate surface area is 118 Å². The number of hydrogen-bond acceptors (Lipinski definition) is 4. The van der Waals surface area contributed by atoms with Crippen molar-refractivity contribution in [2.75, 3.05) is 18.8 Å². The van der Waals surface area contributed by atoms with Gasteiger partial charge in [0.25, 0.3) is 0 Å². The molecule has 106 valence electrons. The maximum absolute atomic E-state index is 12.5. The molecule has 0 radical (unpaired) electrons. The normalized spacial score (nSPS) is 22.6. The summed E-state index contributed by atoms with van der Waals surface area (Å²) in [4.78, 5) is 0.0282. The van der Waals surface area contributed by atoms with Crippen molar-refractivity contribution in [2.45, 2.75) is 24.3 Å². The maximum atomic E-state index is 12.5. The molecule has 0 aromatic heterocycles. The Bertz CT molecular complexity index is 574. The molecule has 2 atom stereocenters. The summed E-state index contributed by atoms with van der Waals surface area (Å²) in [6.07, 6.45) is 0.133. The quantitative estimate of drug-likeness (QED) is 0.825. The van der Waals surface area contributed by atoms with Crippen molar-refractivity contribution >= 4 is 27.3 Å². The van der Waals surface area contributed by atoms with E-state index in [1.807, 2.05) is 0 Å². The minimum absolute atomic E-state index is 0.0282. The second kappa shape index (κ2) is 5.28. The molecule has 0 bridgehead atoms. The zero-order valence-corrected chi connectivity index (χ0v) is 12.2. The molecular formula is C12H17ClN2O3S. The van der Waals surface area contributed by atoms with Crippen molar-refractivity contribution in [1.82, 2.24) is 4.31 Å². The van der Waals surface area contributed by atoms with Crippen LogP contribution in [0.2, 0.25) is 5.02 Å². The van der Waals surface area contributed by atoms with Gasteiger partial charge in [-0.1, -0.05) is 11.6 Å². The van der Waals surface area contributed by atoms with Gasteiger partial charge in [0.2, 0.25) is 10.0 Å². The van der Waals surface area contributed by atoms with Crippen molar-refractivity contribution in [3.05, 3.63) is 23.2 Å². The molecule has 7 heteroatoms. The van der Waals surface area contributed by atoms with Crippen LogP contribution in [-0.4, -0.2) is 37.0 Å². The van der Waals surface area contributed by atoms with Gasteiger partial charge in [-0.2, -0.15) is 4.31 Å². The topological polar surface area (TPSA) is 83.6 Å². The molecular weight excluding hydrogens is 288 g/mol. The maximum Gasteiger partial charge on any atom is 0.244 e. The van der Waals surface area contributed by atoms with Crippen LogP contribution in [0.4, 0.5) is 5.69 Å². The van der Waals surface area contributed by atoms with Gasteiger partial charge in [-0.3, -0.25) is 0 Å². The number of rotatable bonds is 3. The monoisotopic (exact) mass is 304 g/mol. The molecule has 1 aliphatic rings. The number of hydrogen-bond donors (Lipinski definition) is 2. The van der Waals surface area contributed by atoms with E-state index in [4.69, 9.17) is 17.3 Å². The van der Waals surface area contributed by atoms with Crippen LogP contribution in [0.5, 0.6) is 0 Å². The fraction of sp³-hybridized carbons (Fsp3) is 0.500. The van der Waals surface area contributed by atoms with Gasteiger partial charge >= 0.3 is 0 Å². The molecule has 1 saturated heterocycles. The Hall–Kier alpha value is -0.820. The number of sulfonamides is 1. The summed E-state index contributed by atoms with van der Waals surface area (Å²) in [7, 11) is -3.65. The number of aliphatic hydroxyl groups is 1. The van der Waals surface area contributed by atoms with E-state index in [1.54, 1.807) is 13.0 Å². The van der Waals surface area contributed by atoms with E-state index in [9.17, 15) is 13.5 Å². The van der Waals surface area contributed by atoms with Crippen molar-refractivity contribution in [3.63, 3.8) is 0 Å². The van der Waals surface area contributed by atoms with E-state index < -0.39 is 16.1 Å². The zero-order chi connectivity index (χ0) is 14.2. The minimum atomic E-state index is -3.65. The average molecular weight is 305 g/mol. The number of nitrogen functional groups attached to an aromatic ring is 1. The first-order chi connectivity index (χ1) is 8.82. The van der Waals surface area contributed by atoms with Gasteiger partial charge in [0.15, 0.2) is 0 Å². The molecule has 1 aromatic carbocycles. The fourth-order valence-electron chi connectivity index (χ4n) is 2.22. The highest BCUT2D eigenvalue weighted by Crippen LogP contribution is 2.30. The Morgan fingerprint density at radius 3 is 2.79 bits per heavy atom. The van der Waals surface area contributed by atoms with Crippen LogP contribution in [0.25, 0.3) is 0 Å². The summed E-state index contributed by atoms with van der Waals surface area (Å²) < 4.78 is 26.3. The Kier molecular flexibility index (Phi) is 4.06. The van der Waals surface area contributed by atoms with Crippen molar-refractivity contribution in [1.29, 1.82) is 0 Å². The van der Waals surface area contributed by atoms with Gasteiger partial charge in [0.05, 0.1) is 11.1 Å². The third kappa shape index (κ3) is 2.86. The standard InChI is InChI=1S/C12H17ClN2O3S/c1-8(16)9-4-5-15(7-9)19(17,18)12-6-10(14)2-3-11(12)13/h2-3,6,8-9,16H,4-5,7,14H2,1H3. The van der Waals surface area contributed by atoms with Crippen LogP contribution < -0.4 is 5.73 Å². The molecule has 0 spiro atoms. The Balaban J connectivity index is 2.31. The van der Waals surface area contributed by atoms with Gasteiger partial charge in [-0.05, 0) is 37.5 Å². The van der Waals surface area contributed by atoms with Gasteiger partial charge in [-0.15, -0.1) is 0 Å². The number of aliphatic hydroxyl groups excluding tert-OH is 1. The Morgan fingerprint density at radius 2 is 2.21 bits per heavy atom. The van der Waals surface area contributed by atoms with Crippen molar-refractivity contribution in [2.24, 2.45) is 5.92 Å². The molecule has 2 unspecified atom stereocenters. The van der Waals surface area contributed by atoms with Crippen molar-refractivity contribution < 1.29 is 13.5 Å². The summed E-state index contributed by atoms with van der Waals surface area (Å²) in [5, 5.41) is 9.70. The smallest absolute Gasteiger partial charge is 0.244 e. The molecule has 1 fully saturated rings. The average Bonchev–Trinajstić information content (AvgIpc) is 2.82. The molecule has 2 rings (SSSR count). The van der Waals surface area contributed by atoms with E-state index in [-0.39, 0.29) is 15.8 Å². The van der Waals surface area contributed by atoms with Gasteiger partial charge in [0.1, 0.15) is 4.90 Å². The third-order valence-electron chi connectivity index (χ3n) is 3.44. The predicted octanol–water partition coefficient (Wildman–Crippen LogP) is 1.31. The van der Waals surface area contributed by atoms with E-state index >= 15 is 0 Å². The highest BCUT2D eigenvalue weighted by atomic mass is 35.5. The molecule has 0 amide bonds. The van der Waals surface area contributed by atoms with Crippen LogP contribution in [0.1, 0.15) is 13.3 Å². The van der Waals surface area contributed by atoms with Gasteiger partial charge in [-0.25, -0.2) is 8.42 Å². The molecule has 1 aromatic rings. The molecule has 5 nitrogen and oxygen atoms in total. The summed E-state index contributed by atoms with van der Waals surface area (Å²) in [5.41, 5.74) is 5.97. The SMILES string of the molecule is CC(O)C1CCN(S(=O)(=O)c2cc(N)ccc2Cl)C1. The molecule has 3 N–H and O–H groups in total. The van der Waals surface area contributed by atoms with Crippen molar-refractivity contribution in [3.8, 4) is 0 Å². The summed E-state index contributed by atoms with van der Waals surface area (Å²) >= 11 is 5.95. The highest BCUT2D eigenvalue weighted by molar-refractivity contribution is 7.89. The number of nitrogens with zero attached hydrogens (tertiary/aromatic N) is 1. The number of halogens is 1. The van der Waals surface area contributed by atoms with Crippen LogP contribution in [0.3, 0.4) is 0 Å². The van der Waals surface area contributed by atoms with Crippen LogP contribution in [0.15, 0.2) is 23.1 Å². The largest absolute Gasteiger partial charge is 0.399 e. The van der Waals surface area contributed by atoms with Crippen LogP contribution >= 0.6 is 11.6 Å². The number of nitrogens with two attached hydrogens (primary N) is 1.